The smallest absolute Gasteiger partial charge is 0.326 e. The van der Waals surface area contributed by atoms with Crippen LogP contribution < -0.4 is 10.6 Å². The number of hydrogen-bond acceptors (Lipinski definition) is 6. The first-order valence-electron chi connectivity index (χ1n) is 10.6. The van der Waals surface area contributed by atoms with Crippen molar-refractivity contribution in [1.82, 2.24) is 20.0 Å². The zero-order chi connectivity index (χ0) is 22.9. The molecule has 2 aromatic rings. The Bertz CT molecular complexity index is 1060. The van der Waals surface area contributed by atoms with Crippen molar-refractivity contribution in [2.75, 3.05) is 18.5 Å². The number of benzene rings is 1. The maximum atomic E-state index is 12.4. The molecule has 1 aromatic heterocycles. The average molecular weight is 439 g/mol. The van der Waals surface area contributed by atoms with Gasteiger partial charge in [-0.05, 0) is 38.3 Å². The number of aromatic nitrogens is 2. The number of ether oxygens (including phenoxy) is 1. The van der Waals surface area contributed by atoms with Crippen LogP contribution in [0, 0.1) is 0 Å². The second-order valence-electron chi connectivity index (χ2n) is 8.19. The Hall–Kier alpha value is -3.69. The maximum Gasteiger partial charge on any atom is 0.326 e. The summed E-state index contributed by atoms with van der Waals surface area (Å²) in [6.45, 7) is 2.25. The summed E-state index contributed by atoms with van der Waals surface area (Å²) in [7, 11) is 0. The fraction of sp³-hybridized carbons (Fsp3) is 0.409. The molecule has 10 heteroatoms. The van der Waals surface area contributed by atoms with Crippen LogP contribution in [0.4, 0.5) is 10.6 Å². The molecule has 0 bridgehead atoms. The zero-order valence-corrected chi connectivity index (χ0v) is 18.0. The lowest BCUT2D eigenvalue weighted by Gasteiger charge is -2.18. The van der Waals surface area contributed by atoms with Crippen LogP contribution in [-0.4, -0.2) is 57.2 Å². The molecular weight excluding hydrogens is 414 g/mol. The molecule has 2 fully saturated rings. The van der Waals surface area contributed by atoms with Gasteiger partial charge in [0.15, 0.2) is 6.61 Å². The fourth-order valence-corrected chi connectivity index (χ4v) is 3.46. The average Bonchev–Trinajstić information content (AvgIpc) is 3.52. The Morgan fingerprint density at radius 3 is 2.59 bits per heavy atom. The Labute approximate surface area is 184 Å². The van der Waals surface area contributed by atoms with Gasteiger partial charge in [-0.25, -0.2) is 9.48 Å². The summed E-state index contributed by atoms with van der Waals surface area (Å²) in [5.74, 6) is -1.02. The van der Waals surface area contributed by atoms with Crippen LogP contribution >= 0.6 is 0 Å². The minimum absolute atomic E-state index is 0.392. The summed E-state index contributed by atoms with van der Waals surface area (Å²) in [6.07, 6.45) is 2.52. The minimum atomic E-state index is -1.04. The number of para-hydroxylation sites is 1. The third-order valence-corrected chi connectivity index (χ3v) is 5.70. The standard InChI is InChI=1S/C22H25N5O5/c1-3-22(2)20(30)26(21(31)24-22)12-19(29)32-13-18(28)23-17-11-16(14-9-10-14)25-27(17)15-7-5-4-6-8-15/h4-8,11,14H,3,9-10,12-13H2,1-2H3,(H,23,28)(H,24,31). The van der Waals surface area contributed by atoms with E-state index in [1.807, 2.05) is 36.4 Å². The predicted molar refractivity (Wildman–Crippen MR) is 114 cm³/mol. The van der Waals surface area contributed by atoms with Gasteiger partial charge in [0.1, 0.15) is 17.9 Å². The molecule has 1 unspecified atom stereocenters. The van der Waals surface area contributed by atoms with E-state index in [4.69, 9.17) is 4.74 Å². The lowest BCUT2D eigenvalue weighted by Crippen LogP contribution is -2.43. The molecule has 1 aromatic carbocycles. The number of imide groups is 1. The molecule has 0 spiro atoms. The third-order valence-electron chi connectivity index (χ3n) is 5.70. The number of nitrogens with one attached hydrogen (secondary N) is 2. The highest BCUT2D eigenvalue weighted by atomic mass is 16.5. The summed E-state index contributed by atoms with van der Waals surface area (Å²) in [5, 5.41) is 9.89. The van der Waals surface area contributed by atoms with Crippen molar-refractivity contribution in [2.24, 2.45) is 0 Å². The van der Waals surface area contributed by atoms with E-state index in [1.165, 1.54) is 0 Å². The summed E-state index contributed by atoms with van der Waals surface area (Å²) < 4.78 is 6.64. The Morgan fingerprint density at radius 1 is 1.25 bits per heavy atom. The number of rotatable bonds is 8. The molecule has 1 atom stereocenters. The van der Waals surface area contributed by atoms with Crippen LogP contribution in [0.1, 0.15) is 44.7 Å². The lowest BCUT2D eigenvalue weighted by molar-refractivity contribution is -0.150. The van der Waals surface area contributed by atoms with Crippen LogP contribution in [0.5, 0.6) is 0 Å². The number of amides is 4. The summed E-state index contributed by atoms with van der Waals surface area (Å²) in [5.41, 5.74) is 0.659. The molecule has 1 saturated heterocycles. The normalized spacial score (nSPS) is 20.2. The van der Waals surface area contributed by atoms with Crippen molar-refractivity contribution in [3.63, 3.8) is 0 Å². The number of carbonyl (C=O) groups excluding carboxylic acids is 4. The molecule has 2 N–H and O–H groups in total. The number of nitrogens with zero attached hydrogens (tertiary/aromatic N) is 3. The van der Waals surface area contributed by atoms with Crippen molar-refractivity contribution in [1.29, 1.82) is 0 Å². The molecule has 4 rings (SSSR count). The van der Waals surface area contributed by atoms with Gasteiger partial charge in [0, 0.05) is 12.0 Å². The molecule has 2 aliphatic rings. The zero-order valence-electron chi connectivity index (χ0n) is 18.0. The summed E-state index contributed by atoms with van der Waals surface area (Å²) in [6, 6.07) is 10.6. The van der Waals surface area contributed by atoms with E-state index in [0.29, 0.717) is 18.2 Å². The number of urea groups is 1. The van der Waals surface area contributed by atoms with E-state index in [1.54, 1.807) is 18.5 Å². The van der Waals surface area contributed by atoms with E-state index in [2.05, 4.69) is 15.7 Å². The van der Waals surface area contributed by atoms with E-state index < -0.39 is 42.5 Å². The Morgan fingerprint density at radius 2 is 1.97 bits per heavy atom. The summed E-state index contributed by atoms with van der Waals surface area (Å²) >= 11 is 0. The molecule has 1 aliphatic heterocycles. The maximum absolute atomic E-state index is 12.4. The molecule has 4 amide bonds. The second kappa shape index (κ2) is 8.45. The van der Waals surface area contributed by atoms with E-state index in [-0.39, 0.29) is 0 Å². The van der Waals surface area contributed by atoms with Gasteiger partial charge < -0.3 is 15.4 Å². The van der Waals surface area contributed by atoms with Crippen molar-refractivity contribution >= 4 is 29.6 Å². The first kappa shape index (κ1) is 21.5. The Kier molecular flexibility index (Phi) is 5.68. The van der Waals surface area contributed by atoms with Crippen LogP contribution in [0.3, 0.4) is 0 Å². The Balaban J connectivity index is 1.36. The summed E-state index contributed by atoms with van der Waals surface area (Å²) in [4.78, 5) is 49.7. The molecular formula is C22H25N5O5. The van der Waals surface area contributed by atoms with Gasteiger partial charge in [-0.2, -0.15) is 5.10 Å². The number of esters is 1. The van der Waals surface area contributed by atoms with Gasteiger partial charge in [0.2, 0.25) is 0 Å². The van der Waals surface area contributed by atoms with E-state index in [0.717, 1.165) is 29.1 Å². The van der Waals surface area contributed by atoms with E-state index >= 15 is 0 Å². The number of anilines is 1. The van der Waals surface area contributed by atoms with Crippen LogP contribution in [-0.2, 0) is 19.1 Å². The molecule has 1 saturated carbocycles. The van der Waals surface area contributed by atoms with Crippen molar-refractivity contribution in [3.05, 3.63) is 42.1 Å². The van der Waals surface area contributed by atoms with Crippen LogP contribution in [0.2, 0.25) is 0 Å². The lowest BCUT2D eigenvalue weighted by atomic mass is 9.99. The quantitative estimate of drug-likeness (QED) is 0.479. The fourth-order valence-electron chi connectivity index (χ4n) is 3.46. The van der Waals surface area contributed by atoms with Gasteiger partial charge in [-0.15, -0.1) is 0 Å². The topological polar surface area (TPSA) is 123 Å². The van der Waals surface area contributed by atoms with Gasteiger partial charge >= 0.3 is 12.0 Å². The monoisotopic (exact) mass is 439 g/mol. The largest absolute Gasteiger partial charge is 0.454 e. The molecule has 2 heterocycles. The second-order valence-corrected chi connectivity index (χ2v) is 8.19. The van der Waals surface area contributed by atoms with Gasteiger partial charge in [0.05, 0.1) is 11.4 Å². The van der Waals surface area contributed by atoms with Crippen molar-refractivity contribution in [3.8, 4) is 5.69 Å². The SMILES string of the molecule is CCC1(C)NC(=O)N(CC(=O)OCC(=O)Nc2cc(C3CC3)nn2-c2ccccc2)C1=O. The third kappa shape index (κ3) is 4.34. The molecule has 1 aliphatic carbocycles. The molecule has 32 heavy (non-hydrogen) atoms. The van der Waals surface area contributed by atoms with Crippen LogP contribution in [0.25, 0.3) is 5.69 Å². The van der Waals surface area contributed by atoms with Gasteiger partial charge in [0.25, 0.3) is 11.8 Å². The first-order valence-corrected chi connectivity index (χ1v) is 10.6. The van der Waals surface area contributed by atoms with Crippen LogP contribution in [0.15, 0.2) is 36.4 Å². The molecule has 168 valence electrons. The highest BCUT2D eigenvalue weighted by Gasteiger charge is 2.47. The number of carbonyl (C=O) groups is 4. The van der Waals surface area contributed by atoms with Crippen molar-refractivity contribution in [2.45, 2.75) is 44.6 Å². The number of hydrogen-bond donors (Lipinski definition) is 2. The minimum Gasteiger partial charge on any atom is -0.454 e. The molecule has 10 nitrogen and oxygen atoms in total. The first-order chi connectivity index (χ1) is 15.3. The molecule has 0 radical (unpaired) electrons. The van der Waals surface area contributed by atoms with Gasteiger partial charge in [-0.1, -0.05) is 25.1 Å². The van der Waals surface area contributed by atoms with Crippen molar-refractivity contribution < 1.29 is 23.9 Å². The van der Waals surface area contributed by atoms with Gasteiger partial charge in [-0.3, -0.25) is 19.3 Å². The highest BCUT2D eigenvalue weighted by molar-refractivity contribution is 6.08. The highest BCUT2D eigenvalue weighted by Crippen LogP contribution is 2.40. The van der Waals surface area contributed by atoms with E-state index in [9.17, 15) is 19.2 Å². The predicted octanol–water partition coefficient (Wildman–Crippen LogP) is 1.95.